The van der Waals surface area contributed by atoms with Crippen molar-refractivity contribution in [1.82, 2.24) is 24.1 Å². The number of hydrogen-bond acceptors (Lipinski definition) is 6. The number of carbonyl (C=O) groups is 1. The zero-order valence-electron chi connectivity index (χ0n) is 11.7. The number of anilines is 1. The number of amides is 1. The highest BCUT2D eigenvalue weighted by atomic mass is 32.1. The zero-order valence-corrected chi connectivity index (χ0v) is 12.5. The van der Waals surface area contributed by atoms with Gasteiger partial charge in [-0.05, 0) is 37.7 Å². The second kappa shape index (κ2) is 4.87. The van der Waals surface area contributed by atoms with Gasteiger partial charge in [-0.2, -0.15) is 4.37 Å². The van der Waals surface area contributed by atoms with Gasteiger partial charge in [-0.3, -0.25) is 10.1 Å². The topological polar surface area (TPSA) is 85.6 Å². The van der Waals surface area contributed by atoms with Gasteiger partial charge in [0.15, 0.2) is 0 Å². The van der Waals surface area contributed by atoms with Crippen LogP contribution in [0.25, 0.3) is 0 Å². The number of rotatable bonds is 5. The lowest BCUT2D eigenvalue weighted by Crippen LogP contribution is -2.16. The van der Waals surface area contributed by atoms with Gasteiger partial charge in [-0.15, -0.1) is 10.2 Å². The molecule has 8 heteroatoms. The molecule has 2 saturated carbocycles. The van der Waals surface area contributed by atoms with Crippen LogP contribution in [0, 0.1) is 5.92 Å². The molecule has 110 valence electrons. The quantitative estimate of drug-likeness (QED) is 0.910. The average molecular weight is 304 g/mol. The van der Waals surface area contributed by atoms with E-state index in [0.29, 0.717) is 11.9 Å². The molecule has 2 aromatic heterocycles. The van der Waals surface area contributed by atoms with Gasteiger partial charge >= 0.3 is 0 Å². The number of nitrogens with one attached hydrogen (secondary N) is 1. The van der Waals surface area contributed by atoms with Gasteiger partial charge in [0, 0.05) is 24.3 Å². The van der Waals surface area contributed by atoms with Crippen molar-refractivity contribution in [2.75, 3.05) is 5.32 Å². The molecular formula is C13H16N6OS. The molecule has 2 aromatic rings. The first kappa shape index (κ1) is 12.9. The molecule has 4 rings (SSSR count). The van der Waals surface area contributed by atoms with E-state index in [1.165, 1.54) is 24.4 Å². The molecule has 2 aliphatic carbocycles. The summed E-state index contributed by atoms with van der Waals surface area (Å²) in [5.41, 5.74) is 0. The normalized spacial score (nSPS) is 24.0. The predicted octanol–water partition coefficient (Wildman–Crippen LogP) is 1.77. The molecular weight excluding hydrogens is 288 g/mol. The molecule has 1 N–H and O–H groups in total. The van der Waals surface area contributed by atoms with Crippen molar-refractivity contribution in [1.29, 1.82) is 0 Å². The number of carbonyl (C=O) groups excluding carboxylic acids is 1. The Kier molecular flexibility index (Phi) is 2.99. The van der Waals surface area contributed by atoms with Crippen LogP contribution < -0.4 is 5.32 Å². The Hall–Kier alpha value is -1.83. The fourth-order valence-corrected chi connectivity index (χ4v) is 3.33. The first-order valence-electron chi connectivity index (χ1n) is 7.28. The van der Waals surface area contributed by atoms with Gasteiger partial charge in [-0.25, -0.2) is 4.98 Å². The monoisotopic (exact) mass is 304 g/mol. The lowest BCUT2D eigenvalue weighted by Gasteiger charge is -2.02. The lowest BCUT2D eigenvalue weighted by molar-refractivity contribution is -0.117. The minimum absolute atomic E-state index is 0.00852. The summed E-state index contributed by atoms with van der Waals surface area (Å²) in [6, 6.07) is 0. The van der Waals surface area contributed by atoms with Crippen LogP contribution in [0.1, 0.15) is 48.9 Å². The van der Waals surface area contributed by atoms with Crippen LogP contribution in [0.3, 0.4) is 0 Å². The first-order valence-corrected chi connectivity index (χ1v) is 8.05. The fourth-order valence-electron chi connectivity index (χ4n) is 2.55. The smallest absolute Gasteiger partial charge is 0.241 e. The van der Waals surface area contributed by atoms with Crippen LogP contribution in [-0.2, 0) is 11.3 Å². The predicted molar refractivity (Wildman–Crippen MR) is 77.1 cm³/mol. The Morgan fingerprint density at radius 1 is 1.52 bits per heavy atom. The largest absolute Gasteiger partial charge is 0.318 e. The second-order valence-electron chi connectivity index (χ2n) is 5.64. The Labute approximate surface area is 126 Å². The van der Waals surface area contributed by atoms with E-state index in [1.807, 2.05) is 11.5 Å². The molecule has 2 unspecified atom stereocenters. The Morgan fingerprint density at radius 2 is 2.38 bits per heavy atom. The number of aryl methyl sites for hydroxylation is 1. The molecule has 0 aromatic carbocycles. The highest BCUT2D eigenvalue weighted by Crippen LogP contribution is 2.47. The van der Waals surface area contributed by atoms with E-state index in [4.69, 9.17) is 0 Å². The van der Waals surface area contributed by atoms with Gasteiger partial charge in [-0.1, -0.05) is 0 Å². The van der Waals surface area contributed by atoms with Crippen molar-refractivity contribution in [2.45, 2.75) is 44.6 Å². The fraction of sp³-hybridized carbons (Fsp3) is 0.615. The Bertz CT molecular complexity index is 676. The van der Waals surface area contributed by atoms with Crippen LogP contribution >= 0.6 is 11.5 Å². The maximum Gasteiger partial charge on any atom is 0.241 e. The van der Waals surface area contributed by atoms with Gasteiger partial charge in [0.2, 0.25) is 11.9 Å². The second-order valence-corrected chi connectivity index (χ2v) is 6.43. The van der Waals surface area contributed by atoms with E-state index in [1.54, 1.807) is 6.33 Å². The summed E-state index contributed by atoms with van der Waals surface area (Å²) >= 11 is 1.40. The third-order valence-corrected chi connectivity index (χ3v) is 4.92. The van der Waals surface area contributed by atoms with E-state index in [9.17, 15) is 4.79 Å². The third-order valence-electron chi connectivity index (χ3n) is 4.05. The standard InChI is InChI=1S/C13H16N6OS/c1-2-19-6-14-17-10(19)8-5-9(8)11(20)15-13-16-12(21-18-13)7-3-4-7/h6-9H,2-5H2,1H3,(H,15,18,20). The van der Waals surface area contributed by atoms with Crippen LogP contribution in [0.5, 0.6) is 0 Å². The van der Waals surface area contributed by atoms with E-state index in [0.717, 1.165) is 23.8 Å². The van der Waals surface area contributed by atoms with E-state index < -0.39 is 0 Å². The van der Waals surface area contributed by atoms with Crippen LogP contribution in [0.4, 0.5) is 5.95 Å². The lowest BCUT2D eigenvalue weighted by atomic mass is 10.3. The molecule has 0 spiro atoms. The third kappa shape index (κ3) is 2.44. The SMILES string of the molecule is CCn1cnnc1C1CC1C(=O)Nc1nsc(C2CC2)n1. The molecule has 0 aliphatic heterocycles. The van der Waals surface area contributed by atoms with Gasteiger partial charge in [0.1, 0.15) is 17.2 Å². The molecule has 21 heavy (non-hydrogen) atoms. The summed E-state index contributed by atoms with van der Waals surface area (Å²) in [6.45, 7) is 2.87. The first-order chi connectivity index (χ1) is 10.3. The van der Waals surface area contributed by atoms with Crippen molar-refractivity contribution in [2.24, 2.45) is 5.92 Å². The molecule has 1 amide bonds. The molecule has 2 fully saturated rings. The molecule has 0 bridgehead atoms. The van der Waals surface area contributed by atoms with E-state index in [2.05, 4.69) is 24.9 Å². The highest BCUT2D eigenvalue weighted by molar-refractivity contribution is 7.05. The average Bonchev–Trinajstić information content (AvgIpc) is 3.40. The van der Waals surface area contributed by atoms with Crippen molar-refractivity contribution < 1.29 is 4.79 Å². The minimum Gasteiger partial charge on any atom is -0.318 e. The maximum atomic E-state index is 12.2. The number of hydrogen-bond donors (Lipinski definition) is 1. The van der Waals surface area contributed by atoms with Gasteiger partial charge in [0.25, 0.3) is 0 Å². The van der Waals surface area contributed by atoms with Crippen molar-refractivity contribution in [3.8, 4) is 0 Å². The number of nitrogens with zero attached hydrogens (tertiary/aromatic N) is 5. The van der Waals surface area contributed by atoms with E-state index >= 15 is 0 Å². The number of aromatic nitrogens is 5. The summed E-state index contributed by atoms with van der Waals surface area (Å²) in [7, 11) is 0. The molecule has 7 nitrogen and oxygen atoms in total. The summed E-state index contributed by atoms with van der Waals surface area (Å²) < 4.78 is 6.20. The summed E-state index contributed by atoms with van der Waals surface area (Å²) in [4.78, 5) is 16.6. The van der Waals surface area contributed by atoms with Crippen LogP contribution in [0.15, 0.2) is 6.33 Å². The Balaban J connectivity index is 1.40. The van der Waals surface area contributed by atoms with Crippen molar-refractivity contribution in [3.05, 3.63) is 17.2 Å². The molecule has 0 radical (unpaired) electrons. The van der Waals surface area contributed by atoms with Crippen LogP contribution in [0.2, 0.25) is 0 Å². The van der Waals surface area contributed by atoms with E-state index in [-0.39, 0.29) is 17.7 Å². The summed E-state index contributed by atoms with van der Waals surface area (Å²) in [5.74, 6) is 2.06. The molecule has 2 heterocycles. The van der Waals surface area contributed by atoms with Crippen molar-refractivity contribution >= 4 is 23.4 Å². The molecule has 2 aliphatic rings. The summed E-state index contributed by atoms with van der Waals surface area (Å²) in [5, 5.41) is 11.9. The van der Waals surface area contributed by atoms with Gasteiger partial charge in [0.05, 0.1) is 0 Å². The minimum atomic E-state index is -0.0348. The zero-order chi connectivity index (χ0) is 14.4. The molecule has 2 atom stereocenters. The molecule has 0 saturated heterocycles. The van der Waals surface area contributed by atoms with Crippen LogP contribution in [-0.4, -0.2) is 30.0 Å². The highest BCUT2D eigenvalue weighted by Gasteiger charge is 2.47. The summed E-state index contributed by atoms with van der Waals surface area (Å²) in [6.07, 6.45) is 4.93. The van der Waals surface area contributed by atoms with Crippen molar-refractivity contribution in [3.63, 3.8) is 0 Å². The maximum absolute atomic E-state index is 12.2. The Morgan fingerprint density at radius 3 is 3.14 bits per heavy atom. The van der Waals surface area contributed by atoms with Gasteiger partial charge < -0.3 is 4.57 Å².